The number of rotatable bonds is 5. The zero-order valence-electron chi connectivity index (χ0n) is 12.2. The molecule has 1 saturated carbocycles. The number of nitrogens with one attached hydrogen (secondary N) is 1. The Balaban J connectivity index is 1.94. The average molecular weight is 294 g/mol. The molecule has 1 aromatic rings. The fourth-order valence-corrected chi connectivity index (χ4v) is 3.15. The van der Waals surface area contributed by atoms with Gasteiger partial charge in [-0.3, -0.25) is 4.79 Å². The zero-order chi connectivity index (χ0) is 14.4. The Morgan fingerprint density at radius 3 is 2.50 bits per heavy atom. The SMILES string of the molecule is CC1(C(=O)NC(CCl)Cc2ccccc2)CCCCC1. The number of amides is 1. The third kappa shape index (κ3) is 3.99. The molecule has 1 fully saturated rings. The molecule has 1 amide bonds. The smallest absolute Gasteiger partial charge is 0.226 e. The van der Waals surface area contributed by atoms with Crippen molar-refractivity contribution in [2.75, 3.05) is 5.88 Å². The molecule has 0 aromatic heterocycles. The van der Waals surface area contributed by atoms with Crippen molar-refractivity contribution < 1.29 is 4.79 Å². The van der Waals surface area contributed by atoms with E-state index in [1.807, 2.05) is 18.2 Å². The summed E-state index contributed by atoms with van der Waals surface area (Å²) in [7, 11) is 0. The fourth-order valence-electron chi connectivity index (χ4n) is 2.96. The molecule has 1 aromatic carbocycles. The highest BCUT2D eigenvalue weighted by atomic mass is 35.5. The number of hydrogen-bond donors (Lipinski definition) is 1. The van der Waals surface area contributed by atoms with E-state index in [1.165, 1.54) is 12.0 Å². The van der Waals surface area contributed by atoms with Crippen LogP contribution in [0.4, 0.5) is 0 Å². The monoisotopic (exact) mass is 293 g/mol. The van der Waals surface area contributed by atoms with Crippen LogP contribution in [0.1, 0.15) is 44.6 Å². The molecule has 1 aliphatic rings. The van der Waals surface area contributed by atoms with Crippen molar-refractivity contribution in [3.63, 3.8) is 0 Å². The third-order valence-electron chi connectivity index (χ3n) is 4.35. The number of halogens is 1. The van der Waals surface area contributed by atoms with E-state index >= 15 is 0 Å². The largest absolute Gasteiger partial charge is 0.351 e. The molecule has 1 aliphatic carbocycles. The molecule has 3 heteroatoms. The molecule has 0 aliphatic heterocycles. The summed E-state index contributed by atoms with van der Waals surface area (Å²) in [6.45, 7) is 2.09. The standard InChI is InChI=1S/C17H24ClNO/c1-17(10-6-3-7-11-17)16(20)19-15(13-18)12-14-8-4-2-5-9-14/h2,4-5,8-9,15H,3,6-7,10-13H2,1H3,(H,19,20). The predicted molar refractivity (Wildman–Crippen MR) is 84.0 cm³/mol. The van der Waals surface area contributed by atoms with E-state index in [1.54, 1.807) is 0 Å². The fraction of sp³-hybridized carbons (Fsp3) is 0.588. The summed E-state index contributed by atoms with van der Waals surface area (Å²) < 4.78 is 0. The van der Waals surface area contributed by atoms with Crippen LogP contribution >= 0.6 is 11.6 Å². The molecular weight excluding hydrogens is 270 g/mol. The molecule has 0 spiro atoms. The van der Waals surface area contributed by atoms with Crippen LogP contribution in [0.3, 0.4) is 0 Å². The van der Waals surface area contributed by atoms with Gasteiger partial charge < -0.3 is 5.32 Å². The van der Waals surface area contributed by atoms with Gasteiger partial charge in [0.05, 0.1) is 0 Å². The van der Waals surface area contributed by atoms with Gasteiger partial charge in [0.25, 0.3) is 0 Å². The van der Waals surface area contributed by atoms with Crippen LogP contribution < -0.4 is 5.32 Å². The Kier molecular flexibility index (Phi) is 5.47. The Bertz CT molecular complexity index is 426. The third-order valence-corrected chi connectivity index (χ3v) is 4.72. The second-order valence-electron chi connectivity index (χ2n) is 6.14. The number of carbonyl (C=O) groups excluding carboxylic acids is 1. The molecule has 0 bridgehead atoms. The van der Waals surface area contributed by atoms with Crippen LogP contribution in [0.15, 0.2) is 30.3 Å². The summed E-state index contributed by atoms with van der Waals surface area (Å²) in [5.74, 6) is 0.635. The molecule has 0 radical (unpaired) electrons. The molecule has 110 valence electrons. The molecule has 2 rings (SSSR count). The van der Waals surface area contributed by atoms with Crippen LogP contribution in [-0.4, -0.2) is 17.8 Å². The Hall–Kier alpha value is -1.02. The minimum atomic E-state index is -0.195. The van der Waals surface area contributed by atoms with E-state index in [0.717, 1.165) is 32.1 Å². The molecule has 1 N–H and O–H groups in total. The highest BCUT2D eigenvalue weighted by Crippen LogP contribution is 2.36. The number of alkyl halides is 1. The molecule has 20 heavy (non-hydrogen) atoms. The Morgan fingerprint density at radius 1 is 1.25 bits per heavy atom. The summed E-state index contributed by atoms with van der Waals surface area (Å²) in [5.41, 5.74) is 1.02. The van der Waals surface area contributed by atoms with E-state index in [4.69, 9.17) is 11.6 Å². The molecule has 1 atom stereocenters. The van der Waals surface area contributed by atoms with Crippen molar-refractivity contribution in [1.29, 1.82) is 0 Å². The molecular formula is C17H24ClNO. The summed E-state index contributed by atoms with van der Waals surface area (Å²) in [4.78, 5) is 12.5. The van der Waals surface area contributed by atoms with Gasteiger partial charge in [-0.2, -0.15) is 0 Å². The lowest BCUT2D eigenvalue weighted by Gasteiger charge is -2.33. The van der Waals surface area contributed by atoms with E-state index in [-0.39, 0.29) is 17.4 Å². The van der Waals surface area contributed by atoms with Gasteiger partial charge in [-0.25, -0.2) is 0 Å². The number of carbonyl (C=O) groups is 1. The van der Waals surface area contributed by atoms with Crippen molar-refractivity contribution in [3.8, 4) is 0 Å². The van der Waals surface area contributed by atoms with Gasteiger partial charge in [-0.05, 0) is 24.8 Å². The maximum atomic E-state index is 12.5. The quantitative estimate of drug-likeness (QED) is 0.819. The highest BCUT2D eigenvalue weighted by molar-refractivity contribution is 6.18. The van der Waals surface area contributed by atoms with Gasteiger partial charge in [-0.1, -0.05) is 56.5 Å². The first kappa shape index (κ1) is 15.4. The van der Waals surface area contributed by atoms with Gasteiger partial charge in [0.15, 0.2) is 0 Å². The van der Waals surface area contributed by atoms with Crippen molar-refractivity contribution in [2.24, 2.45) is 5.41 Å². The molecule has 0 heterocycles. The van der Waals surface area contributed by atoms with E-state index in [0.29, 0.717) is 5.88 Å². The van der Waals surface area contributed by atoms with E-state index < -0.39 is 0 Å². The van der Waals surface area contributed by atoms with Crippen molar-refractivity contribution >= 4 is 17.5 Å². The molecule has 0 saturated heterocycles. The summed E-state index contributed by atoms with van der Waals surface area (Å²) in [6, 6.07) is 10.2. The van der Waals surface area contributed by atoms with Gasteiger partial charge in [0, 0.05) is 17.3 Å². The van der Waals surface area contributed by atoms with Gasteiger partial charge >= 0.3 is 0 Å². The van der Waals surface area contributed by atoms with Crippen LogP contribution in [0.25, 0.3) is 0 Å². The normalized spacial score (nSPS) is 19.3. The second-order valence-corrected chi connectivity index (χ2v) is 6.44. The first-order valence-electron chi connectivity index (χ1n) is 7.55. The summed E-state index contributed by atoms with van der Waals surface area (Å²) in [6.07, 6.45) is 6.37. The van der Waals surface area contributed by atoms with Gasteiger partial charge in [0.2, 0.25) is 5.91 Å². The lowest BCUT2D eigenvalue weighted by Crippen LogP contribution is -2.46. The molecule has 2 nitrogen and oxygen atoms in total. The van der Waals surface area contributed by atoms with Gasteiger partial charge in [0.1, 0.15) is 0 Å². The zero-order valence-corrected chi connectivity index (χ0v) is 13.0. The maximum absolute atomic E-state index is 12.5. The van der Waals surface area contributed by atoms with Crippen LogP contribution in [-0.2, 0) is 11.2 Å². The first-order chi connectivity index (χ1) is 9.64. The summed E-state index contributed by atoms with van der Waals surface area (Å²) >= 11 is 6.03. The van der Waals surface area contributed by atoms with Crippen LogP contribution in [0.2, 0.25) is 0 Å². The lowest BCUT2D eigenvalue weighted by atomic mass is 9.75. The maximum Gasteiger partial charge on any atom is 0.226 e. The summed E-state index contributed by atoms with van der Waals surface area (Å²) in [5, 5.41) is 3.15. The van der Waals surface area contributed by atoms with Crippen molar-refractivity contribution in [3.05, 3.63) is 35.9 Å². The number of benzene rings is 1. The lowest BCUT2D eigenvalue weighted by molar-refractivity contribution is -0.132. The average Bonchev–Trinajstić information content (AvgIpc) is 2.48. The van der Waals surface area contributed by atoms with Crippen molar-refractivity contribution in [2.45, 2.75) is 51.5 Å². The Labute approximate surface area is 126 Å². The topological polar surface area (TPSA) is 29.1 Å². The minimum Gasteiger partial charge on any atom is -0.351 e. The number of hydrogen-bond acceptors (Lipinski definition) is 1. The minimum absolute atomic E-state index is 0.0188. The van der Waals surface area contributed by atoms with Gasteiger partial charge in [-0.15, -0.1) is 11.6 Å². The molecule has 1 unspecified atom stereocenters. The highest BCUT2D eigenvalue weighted by Gasteiger charge is 2.35. The van der Waals surface area contributed by atoms with Crippen LogP contribution in [0.5, 0.6) is 0 Å². The Morgan fingerprint density at radius 2 is 1.90 bits per heavy atom. The predicted octanol–water partition coefficient (Wildman–Crippen LogP) is 3.92. The van der Waals surface area contributed by atoms with Crippen molar-refractivity contribution in [1.82, 2.24) is 5.32 Å². The second kappa shape index (κ2) is 7.12. The van der Waals surface area contributed by atoms with E-state index in [2.05, 4.69) is 24.4 Å². The van der Waals surface area contributed by atoms with Crippen LogP contribution in [0, 0.1) is 5.41 Å². The first-order valence-corrected chi connectivity index (χ1v) is 8.08. The van der Waals surface area contributed by atoms with E-state index in [9.17, 15) is 4.79 Å².